The number of fused-ring (bicyclic) bond motifs is 3. The van der Waals surface area contributed by atoms with Crippen LogP contribution in [0.5, 0.6) is 0 Å². The molecule has 0 N–H and O–H groups in total. The molecule has 0 fully saturated rings. The molecule has 0 bridgehead atoms. The van der Waals surface area contributed by atoms with Crippen LogP contribution in [0, 0.1) is 6.92 Å². The lowest BCUT2D eigenvalue weighted by Crippen LogP contribution is -2.31. The van der Waals surface area contributed by atoms with Crippen molar-refractivity contribution in [1.82, 2.24) is 14.9 Å². The second-order valence-corrected chi connectivity index (χ2v) is 9.02. The number of aryl methyl sites for hydroxylation is 1. The summed E-state index contributed by atoms with van der Waals surface area (Å²) in [5.74, 6) is 0.745. The van der Waals surface area contributed by atoms with Gasteiger partial charge in [-0.1, -0.05) is 54.2 Å². The number of nitrogens with zero attached hydrogens (tertiary/aromatic N) is 4. The summed E-state index contributed by atoms with van der Waals surface area (Å²) < 4.78 is 0. The van der Waals surface area contributed by atoms with Crippen LogP contribution in [0.4, 0.5) is 11.4 Å². The van der Waals surface area contributed by atoms with Crippen molar-refractivity contribution in [3.8, 4) is 0 Å². The lowest BCUT2D eigenvalue weighted by atomic mass is 10.2. The van der Waals surface area contributed by atoms with Gasteiger partial charge < -0.3 is 9.80 Å². The van der Waals surface area contributed by atoms with Crippen LogP contribution < -0.4 is 4.90 Å². The molecule has 32 heavy (non-hydrogen) atoms. The van der Waals surface area contributed by atoms with Gasteiger partial charge in [-0.2, -0.15) is 0 Å². The van der Waals surface area contributed by atoms with Crippen LogP contribution in [-0.2, 0) is 11.3 Å². The monoisotopic (exact) mass is 440 g/mol. The second kappa shape index (κ2) is 8.63. The Balaban J connectivity index is 1.31. The highest BCUT2D eigenvalue weighted by atomic mass is 32.2. The average molecular weight is 441 g/mol. The fourth-order valence-electron chi connectivity index (χ4n) is 4.09. The van der Waals surface area contributed by atoms with Crippen molar-refractivity contribution in [1.29, 1.82) is 0 Å². The van der Waals surface area contributed by atoms with Crippen LogP contribution in [0.2, 0.25) is 0 Å². The molecule has 1 aliphatic heterocycles. The Morgan fingerprint density at radius 1 is 0.906 bits per heavy atom. The fourth-order valence-corrected chi connectivity index (χ4v) is 5.18. The van der Waals surface area contributed by atoms with Gasteiger partial charge in [0, 0.05) is 40.9 Å². The lowest BCUT2D eigenvalue weighted by Gasteiger charge is -2.33. The summed E-state index contributed by atoms with van der Waals surface area (Å²) in [6.45, 7) is 3.00. The highest BCUT2D eigenvalue weighted by Gasteiger charge is 2.24. The quantitative estimate of drug-likeness (QED) is 0.405. The Labute approximate surface area is 192 Å². The number of benzene rings is 3. The molecule has 0 saturated carbocycles. The number of rotatable bonds is 5. The van der Waals surface area contributed by atoms with Crippen molar-refractivity contribution in [2.24, 2.45) is 0 Å². The molecule has 1 aromatic heterocycles. The Hall–Kier alpha value is -3.38. The molecular weight excluding hydrogens is 416 g/mol. The minimum absolute atomic E-state index is 0.0765. The van der Waals surface area contributed by atoms with Crippen LogP contribution >= 0.6 is 11.8 Å². The van der Waals surface area contributed by atoms with Crippen LogP contribution in [0.1, 0.15) is 17.9 Å². The first-order chi connectivity index (χ1) is 15.6. The zero-order chi connectivity index (χ0) is 22.1. The van der Waals surface area contributed by atoms with E-state index in [0.29, 0.717) is 25.3 Å². The van der Waals surface area contributed by atoms with Gasteiger partial charge in [0.05, 0.1) is 23.4 Å². The Kier molecular flexibility index (Phi) is 5.53. The maximum Gasteiger partial charge on any atom is 0.224 e. The van der Waals surface area contributed by atoms with E-state index in [9.17, 15) is 4.79 Å². The Morgan fingerprint density at radius 2 is 1.53 bits per heavy atom. The van der Waals surface area contributed by atoms with E-state index in [4.69, 9.17) is 0 Å². The summed E-state index contributed by atoms with van der Waals surface area (Å²) in [4.78, 5) is 28.7. The third-order valence-corrected chi connectivity index (χ3v) is 6.86. The standard InChI is InChI=1S/C26H24N4OS/c1-18-19-9-3-4-10-20(19)28-25(27-18)17-29(2)26(31)15-16-30-21-11-5-7-13-23(21)32-24-14-8-6-12-22(24)30/h3-14H,15-17H2,1-2H3. The van der Waals surface area contributed by atoms with Gasteiger partial charge in [0.15, 0.2) is 0 Å². The molecule has 5 nitrogen and oxygen atoms in total. The average Bonchev–Trinajstić information content (AvgIpc) is 2.81. The summed E-state index contributed by atoms with van der Waals surface area (Å²) in [7, 11) is 1.82. The first kappa shape index (κ1) is 20.5. The minimum Gasteiger partial charge on any atom is -0.339 e. The molecule has 1 aliphatic rings. The van der Waals surface area contributed by atoms with E-state index in [-0.39, 0.29) is 5.91 Å². The largest absolute Gasteiger partial charge is 0.339 e. The zero-order valence-corrected chi connectivity index (χ0v) is 19.0. The molecule has 1 amide bonds. The second-order valence-electron chi connectivity index (χ2n) is 7.93. The molecule has 0 saturated heterocycles. The summed E-state index contributed by atoms with van der Waals surface area (Å²) in [6.07, 6.45) is 0.413. The number of hydrogen-bond acceptors (Lipinski definition) is 5. The number of hydrogen-bond donors (Lipinski definition) is 0. The summed E-state index contributed by atoms with van der Waals surface area (Å²) in [5, 5.41) is 1.05. The Morgan fingerprint density at radius 3 is 2.25 bits per heavy atom. The maximum absolute atomic E-state index is 13.0. The van der Waals surface area contributed by atoms with Crippen LogP contribution in [0.15, 0.2) is 82.6 Å². The van der Waals surface area contributed by atoms with Crippen LogP contribution in [0.3, 0.4) is 0 Å². The van der Waals surface area contributed by atoms with Crippen molar-refractivity contribution in [3.63, 3.8) is 0 Å². The normalized spacial score (nSPS) is 12.4. The van der Waals surface area contributed by atoms with Crippen molar-refractivity contribution >= 4 is 39.9 Å². The smallest absolute Gasteiger partial charge is 0.224 e. The third kappa shape index (κ3) is 3.94. The molecule has 4 aromatic rings. The van der Waals surface area contributed by atoms with E-state index in [1.54, 1.807) is 16.7 Å². The predicted octanol–water partition coefficient (Wildman–Crippen LogP) is 5.59. The summed E-state index contributed by atoms with van der Waals surface area (Å²) >= 11 is 1.78. The van der Waals surface area contributed by atoms with Gasteiger partial charge in [-0.25, -0.2) is 9.97 Å². The van der Waals surface area contributed by atoms with Gasteiger partial charge in [0.1, 0.15) is 5.82 Å². The van der Waals surface area contributed by atoms with Gasteiger partial charge in [-0.05, 0) is 37.3 Å². The molecule has 5 rings (SSSR count). The minimum atomic E-state index is 0.0765. The van der Waals surface area contributed by atoms with Crippen LogP contribution in [0.25, 0.3) is 10.9 Å². The molecule has 0 atom stereocenters. The van der Waals surface area contributed by atoms with E-state index in [1.807, 2.05) is 50.4 Å². The Bertz CT molecular complexity index is 1260. The molecule has 0 unspecified atom stereocenters. The van der Waals surface area contributed by atoms with Gasteiger partial charge >= 0.3 is 0 Å². The van der Waals surface area contributed by atoms with Crippen LogP contribution in [-0.4, -0.2) is 34.4 Å². The van der Waals surface area contributed by atoms with E-state index in [1.165, 1.54) is 9.79 Å². The first-order valence-electron chi connectivity index (χ1n) is 10.7. The zero-order valence-electron chi connectivity index (χ0n) is 18.2. The van der Waals surface area contributed by atoms with Crippen molar-refractivity contribution < 1.29 is 4.79 Å². The lowest BCUT2D eigenvalue weighted by molar-refractivity contribution is -0.130. The molecule has 3 aromatic carbocycles. The topological polar surface area (TPSA) is 49.3 Å². The fraction of sp³-hybridized carbons (Fsp3) is 0.192. The molecule has 160 valence electrons. The van der Waals surface area contributed by atoms with Gasteiger partial charge in [-0.3, -0.25) is 4.79 Å². The number of carbonyl (C=O) groups is 1. The summed E-state index contributed by atoms with van der Waals surface area (Å²) in [6, 6.07) is 24.7. The van der Waals surface area contributed by atoms with Gasteiger partial charge in [-0.15, -0.1) is 0 Å². The maximum atomic E-state index is 13.0. The van der Waals surface area contributed by atoms with Crippen molar-refractivity contribution in [3.05, 3.63) is 84.3 Å². The molecular formula is C26H24N4OS. The summed E-state index contributed by atoms with van der Waals surface area (Å²) in [5.41, 5.74) is 4.15. The van der Waals surface area contributed by atoms with E-state index < -0.39 is 0 Å². The van der Waals surface area contributed by atoms with Crippen molar-refractivity contribution in [2.75, 3.05) is 18.5 Å². The number of para-hydroxylation sites is 3. The SMILES string of the molecule is Cc1nc(CN(C)C(=O)CCN2c3ccccc3Sc3ccccc32)nc2ccccc12. The predicted molar refractivity (Wildman–Crippen MR) is 129 cm³/mol. The third-order valence-electron chi connectivity index (χ3n) is 5.73. The van der Waals surface area contributed by atoms with Gasteiger partial charge in [0.25, 0.3) is 0 Å². The van der Waals surface area contributed by atoms with E-state index >= 15 is 0 Å². The van der Waals surface area contributed by atoms with Gasteiger partial charge in [0.2, 0.25) is 5.91 Å². The highest BCUT2D eigenvalue weighted by molar-refractivity contribution is 7.99. The molecule has 0 spiro atoms. The molecule has 2 heterocycles. The van der Waals surface area contributed by atoms with E-state index in [0.717, 1.165) is 28.0 Å². The molecule has 6 heteroatoms. The molecule has 0 aliphatic carbocycles. The number of anilines is 2. The molecule has 0 radical (unpaired) electrons. The highest BCUT2D eigenvalue weighted by Crippen LogP contribution is 2.47. The first-order valence-corrected chi connectivity index (χ1v) is 11.5. The van der Waals surface area contributed by atoms with Crippen molar-refractivity contribution in [2.45, 2.75) is 29.7 Å². The number of amides is 1. The number of carbonyl (C=O) groups excluding carboxylic acids is 1. The van der Waals surface area contributed by atoms with E-state index in [2.05, 4.69) is 51.3 Å². The number of aromatic nitrogens is 2.